The number of aromatic hydroxyl groups is 2. The summed E-state index contributed by atoms with van der Waals surface area (Å²) >= 11 is 0. The molecule has 0 aliphatic carbocycles. The van der Waals surface area contributed by atoms with Gasteiger partial charge >= 0.3 is 0 Å². The molecule has 4 nitrogen and oxygen atoms in total. The van der Waals surface area contributed by atoms with E-state index in [1.54, 1.807) is 12.1 Å². The molecule has 0 radical (unpaired) electrons. The number of phenols is 2. The van der Waals surface area contributed by atoms with E-state index in [2.05, 4.69) is 6.58 Å². The van der Waals surface area contributed by atoms with Crippen LogP contribution in [0.4, 0.5) is 0 Å². The Morgan fingerprint density at radius 1 is 1.33 bits per heavy atom. The molecule has 15 heavy (non-hydrogen) atoms. The predicted octanol–water partition coefficient (Wildman–Crippen LogP) is 1.54. The Hall–Kier alpha value is -1.97. The highest BCUT2D eigenvalue weighted by Gasteiger charge is 1.93. The molecule has 4 heteroatoms. The molecule has 1 rings (SSSR count). The Morgan fingerprint density at radius 2 is 1.73 bits per heavy atom. The summed E-state index contributed by atoms with van der Waals surface area (Å²) in [5.41, 5.74) is 5.29. The Kier molecular flexibility index (Phi) is 5.63. The van der Waals surface area contributed by atoms with Gasteiger partial charge in [0.05, 0.1) is 0 Å². The van der Waals surface area contributed by atoms with Crippen molar-refractivity contribution in [1.82, 2.24) is 0 Å². The van der Waals surface area contributed by atoms with Crippen molar-refractivity contribution in [2.45, 2.75) is 13.3 Å². The maximum atomic E-state index is 10.1. The second kappa shape index (κ2) is 6.48. The van der Waals surface area contributed by atoms with Gasteiger partial charge in [0.2, 0.25) is 5.91 Å². The Bertz CT molecular complexity index is 326. The fourth-order valence-electron chi connectivity index (χ4n) is 0.638. The standard InChI is InChI=1S/C6H6O2.C5H9NO/c7-5-3-1-2-4-6(5)8;1-3-4(2)5(6)7/h1-4,7-8H;2-3H2,1H3,(H2,6,7). The molecule has 82 valence electrons. The maximum Gasteiger partial charge on any atom is 0.244 e. The molecule has 0 saturated heterocycles. The average molecular weight is 209 g/mol. The molecule has 1 aromatic rings. The smallest absolute Gasteiger partial charge is 0.244 e. The third kappa shape index (κ3) is 5.36. The zero-order chi connectivity index (χ0) is 11.8. The Labute approximate surface area is 88.7 Å². The second-order valence-electron chi connectivity index (χ2n) is 2.81. The van der Waals surface area contributed by atoms with Crippen LogP contribution in [-0.4, -0.2) is 16.1 Å². The summed E-state index contributed by atoms with van der Waals surface area (Å²) in [7, 11) is 0. The van der Waals surface area contributed by atoms with E-state index in [1.165, 1.54) is 12.1 Å². The SMILES string of the molecule is C=C(CC)C(N)=O.Oc1ccccc1O. The van der Waals surface area contributed by atoms with Gasteiger partial charge in [-0.3, -0.25) is 4.79 Å². The number of carbonyl (C=O) groups is 1. The monoisotopic (exact) mass is 209 g/mol. The van der Waals surface area contributed by atoms with Crippen molar-refractivity contribution in [2.24, 2.45) is 5.73 Å². The highest BCUT2D eigenvalue weighted by Crippen LogP contribution is 2.21. The summed E-state index contributed by atoms with van der Waals surface area (Å²) in [4.78, 5) is 10.1. The molecule has 0 aliphatic rings. The van der Waals surface area contributed by atoms with Crippen LogP contribution in [0.5, 0.6) is 11.5 Å². The summed E-state index contributed by atoms with van der Waals surface area (Å²) in [5.74, 6) is -0.553. The number of nitrogens with two attached hydrogens (primary N) is 1. The third-order valence-corrected chi connectivity index (χ3v) is 1.66. The van der Waals surface area contributed by atoms with Gasteiger partial charge in [0, 0.05) is 5.57 Å². The highest BCUT2D eigenvalue weighted by molar-refractivity contribution is 5.91. The van der Waals surface area contributed by atoms with Crippen LogP contribution in [0.2, 0.25) is 0 Å². The first-order chi connectivity index (χ1) is 6.99. The summed E-state index contributed by atoms with van der Waals surface area (Å²) in [6.07, 6.45) is 0.648. The maximum absolute atomic E-state index is 10.1. The van der Waals surface area contributed by atoms with Gasteiger partial charge in [-0.25, -0.2) is 0 Å². The molecule has 1 amide bonds. The molecule has 0 fully saturated rings. The van der Waals surface area contributed by atoms with E-state index >= 15 is 0 Å². The summed E-state index contributed by atoms with van der Waals surface area (Å²) in [6, 6.07) is 6.15. The van der Waals surface area contributed by atoms with Crippen LogP contribution in [0.15, 0.2) is 36.4 Å². The average Bonchev–Trinajstić information content (AvgIpc) is 2.22. The topological polar surface area (TPSA) is 83.6 Å². The van der Waals surface area contributed by atoms with E-state index in [1.807, 2.05) is 6.92 Å². The summed E-state index contributed by atoms with van der Waals surface area (Å²) in [6.45, 7) is 5.24. The first-order valence-corrected chi connectivity index (χ1v) is 4.43. The van der Waals surface area contributed by atoms with Gasteiger partial charge in [-0.15, -0.1) is 0 Å². The number of hydrogen-bond donors (Lipinski definition) is 3. The molecular formula is C11H15NO3. The van der Waals surface area contributed by atoms with Crippen molar-refractivity contribution in [3.05, 3.63) is 36.4 Å². The summed E-state index contributed by atoms with van der Waals surface area (Å²) < 4.78 is 0. The van der Waals surface area contributed by atoms with Crippen LogP contribution < -0.4 is 5.73 Å². The van der Waals surface area contributed by atoms with Crippen molar-refractivity contribution >= 4 is 5.91 Å². The Balaban J connectivity index is 0.000000265. The highest BCUT2D eigenvalue weighted by atomic mass is 16.3. The zero-order valence-electron chi connectivity index (χ0n) is 8.60. The fourth-order valence-corrected chi connectivity index (χ4v) is 0.638. The predicted molar refractivity (Wildman–Crippen MR) is 58.4 cm³/mol. The third-order valence-electron chi connectivity index (χ3n) is 1.66. The fraction of sp³-hybridized carbons (Fsp3) is 0.182. The van der Waals surface area contributed by atoms with Crippen molar-refractivity contribution in [2.75, 3.05) is 0 Å². The van der Waals surface area contributed by atoms with Gasteiger partial charge in [0.15, 0.2) is 11.5 Å². The lowest BCUT2D eigenvalue weighted by Crippen LogP contribution is -2.11. The molecule has 0 saturated carbocycles. The molecule has 0 unspecified atom stereocenters. The first kappa shape index (κ1) is 13.0. The molecular weight excluding hydrogens is 194 g/mol. The first-order valence-electron chi connectivity index (χ1n) is 4.43. The number of phenolic OH excluding ortho intramolecular Hbond substituents is 2. The molecule has 4 N–H and O–H groups in total. The van der Waals surface area contributed by atoms with Crippen LogP contribution in [0.1, 0.15) is 13.3 Å². The van der Waals surface area contributed by atoms with Gasteiger partial charge in [-0.1, -0.05) is 25.6 Å². The molecule has 0 heterocycles. The van der Waals surface area contributed by atoms with E-state index in [0.29, 0.717) is 12.0 Å². The summed E-state index contributed by atoms with van der Waals surface area (Å²) in [5, 5.41) is 17.3. The molecule has 0 aromatic heterocycles. The molecule has 1 aromatic carbocycles. The van der Waals surface area contributed by atoms with Gasteiger partial charge in [-0.05, 0) is 18.6 Å². The van der Waals surface area contributed by atoms with E-state index in [0.717, 1.165) is 0 Å². The van der Waals surface area contributed by atoms with Crippen LogP contribution >= 0.6 is 0 Å². The number of amides is 1. The second-order valence-corrected chi connectivity index (χ2v) is 2.81. The van der Waals surface area contributed by atoms with E-state index in [-0.39, 0.29) is 11.5 Å². The van der Waals surface area contributed by atoms with Crippen molar-refractivity contribution in [3.8, 4) is 11.5 Å². The number of para-hydroxylation sites is 2. The minimum Gasteiger partial charge on any atom is -0.504 e. The van der Waals surface area contributed by atoms with Gasteiger partial charge < -0.3 is 15.9 Å². The molecule has 0 aliphatic heterocycles. The van der Waals surface area contributed by atoms with Crippen LogP contribution in [-0.2, 0) is 4.79 Å². The number of benzene rings is 1. The van der Waals surface area contributed by atoms with Crippen LogP contribution in [0.3, 0.4) is 0 Å². The quantitative estimate of drug-likeness (QED) is 0.510. The van der Waals surface area contributed by atoms with Crippen molar-refractivity contribution < 1.29 is 15.0 Å². The lowest BCUT2D eigenvalue weighted by Gasteiger charge is -1.91. The number of carbonyl (C=O) groups excluding carboxylic acids is 1. The molecule has 0 spiro atoms. The lowest BCUT2D eigenvalue weighted by molar-refractivity contribution is -0.114. The van der Waals surface area contributed by atoms with Crippen molar-refractivity contribution in [3.63, 3.8) is 0 Å². The lowest BCUT2D eigenvalue weighted by atomic mass is 10.2. The minimum atomic E-state index is -0.400. The van der Waals surface area contributed by atoms with Crippen LogP contribution in [0.25, 0.3) is 0 Å². The molecule has 0 bridgehead atoms. The van der Waals surface area contributed by atoms with Crippen molar-refractivity contribution in [1.29, 1.82) is 0 Å². The van der Waals surface area contributed by atoms with Gasteiger partial charge in [-0.2, -0.15) is 0 Å². The zero-order valence-corrected chi connectivity index (χ0v) is 8.60. The molecule has 0 atom stereocenters. The van der Waals surface area contributed by atoms with E-state index < -0.39 is 5.91 Å². The Morgan fingerprint density at radius 3 is 1.87 bits per heavy atom. The number of hydrogen-bond acceptors (Lipinski definition) is 3. The van der Waals surface area contributed by atoms with Crippen LogP contribution in [0, 0.1) is 0 Å². The largest absolute Gasteiger partial charge is 0.504 e. The minimum absolute atomic E-state index is 0.0764. The van der Waals surface area contributed by atoms with Gasteiger partial charge in [0.1, 0.15) is 0 Å². The normalized spacial score (nSPS) is 8.60. The van der Waals surface area contributed by atoms with Gasteiger partial charge in [0.25, 0.3) is 0 Å². The number of primary amides is 1. The van der Waals surface area contributed by atoms with E-state index in [9.17, 15) is 4.79 Å². The number of rotatable bonds is 2. The van der Waals surface area contributed by atoms with E-state index in [4.69, 9.17) is 15.9 Å².